The first-order chi connectivity index (χ1) is 10.0. The van der Waals surface area contributed by atoms with Gasteiger partial charge in [0, 0.05) is 0 Å². The molecule has 0 aliphatic rings. The first-order valence-corrected chi connectivity index (χ1v) is 6.10. The van der Waals surface area contributed by atoms with Crippen LogP contribution in [0, 0.1) is 5.92 Å². The molecule has 0 aliphatic carbocycles. The molecule has 0 aromatic heterocycles. The van der Waals surface area contributed by atoms with Gasteiger partial charge >= 0.3 is 18.0 Å². The van der Waals surface area contributed by atoms with E-state index in [-0.39, 0.29) is 0 Å². The minimum atomic E-state index is -1.33. The summed E-state index contributed by atoms with van der Waals surface area (Å²) < 4.78 is 13.8. The Morgan fingerprint density at radius 1 is 0.905 bits per heavy atom. The van der Waals surface area contributed by atoms with E-state index >= 15 is 0 Å². The molecule has 7 nitrogen and oxygen atoms in total. The predicted octanol–water partition coefficient (Wildman–Crippen LogP) is 1.05. The van der Waals surface area contributed by atoms with Crippen molar-refractivity contribution in [3.8, 4) is 0 Å². The van der Waals surface area contributed by atoms with Crippen LogP contribution in [0.1, 0.15) is 11.6 Å². The second kappa shape index (κ2) is 7.88. The van der Waals surface area contributed by atoms with Crippen molar-refractivity contribution >= 4 is 18.0 Å². The third-order valence-electron chi connectivity index (χ3n) is 2.86. The number of carbonyl (C=O) groups is 3. The number of methoxy groups -OCH3 is 3. The Morgan fingerprint density at radius 3 is 1.86 bits per heavy atom. The summed E-state index contributed by atoms with van der Waals surface area (Å²) in [4.78, 5) is 35.2. The Bertz CT molecular complexity index is 485. The second-order valence-electron chi connectivity index (χ2n) is 4.05. The van der Waals surface area contributed by atoms with Crippen molar-refractivity contribution in [2.45, 2.75) is 6.04 Å². The molecule has 21 heavy (non-hydrogen) atoms. The number of alkyl carbamates (subject to hydrolysis) is 1. The maximum atomic E-state index is 11.9. The summed E-state index contributed by atoms with van der Waals surface area (Å²) in [5, 5.41) is 2.45. The smallest absolute Gasteiger partial charge is 0.407 e. The zero-order valence-corrected chi connectivity index (χ0v) is 12.0. The van der Waals surface area contributed by atoms with E-state index in [0.717, 1.165) is 14.2 Å². The Morgan fingerprint density at radius 2 is 1.43 bits per heavy atom. The average molecular weight is 295 g/mol. The standard InChI is InChI=1S/C14H17NO6/c1-19-12(16)10(13(17)20-2)11(15-14(18)21-3)9-7-5-4-6-8-9/h4-8,10-11H,1-3H3,(H,15,18)/t11-/m1/s1. The van der Waals surface area contributed by atoms with Gasteiger partial charge in [-0.2, -0.15) is 0 Å². The molecule has 0 radical (unpaired) electrons. The number of benzene rings is 1. The zero-order chi connectivity index (χ0) is 15.8. The van der Waals surface area contributed by atoms with Crippen LogP contribution in [-0.2, 0) is 23.8 Å². The zero-order valence-electron chi connectivity index (χ0n) is 12.0. The molecule has 0 saturated heterocycles. The summed E-state index contributed by atoms with van der Waals surface area (Å²) in [5.74, 6) is -2.96. The van der Waals surface area contributed by atoms with E-state index in [1.807, 2.05) is 0 Å². The van der Waals surface area contributed by atoms with Gasteiger partial charge in [-0.15, -0.1) is 0 Å². The van der Waals surface area contributed by atoms with E-state index < -0.39 is 30.0 Å². The highest BCUT2D eigenvalue weighted by atomic mass is 16.5. The van der Waals surface area contributed by atoms with Crippen LogP contribution in [0.2, 0.25) is 0 Å². The highest BCUT2D eigenvalue weighted by Gasteiger charge is 2.39. The molecule has 1 N–H and O–H groups in total. The third kappa shape index (κ3) is 4.20. The number of ether oxygens (including phenoxy) is 3. The Kier molecular flexibility index (Phi) is 6.19. The Balaban J connectivity index is 3.21. The number of amides is 1. The lowest BCUT2D eigenvalue weighted by molar-refractivity contribution is -0.160. The van der Waals surface area contributed by atoms with Crippen LogP contribution in [0.15, 0.2) is 30.3 Å². The Hall–Kier alpha value is -2.57. The first-order valence-electron chi connectivity index (χ1n) is 6.10. The number of rotatable bonds is 5. The van der Waals surface area contributed by atoms with Crippen molar-refractivity contribution in [3.63, 3.8) is 0 Å². The summed E-state index contributed by atoms with van der Waals surface area (Å²) in [7, 11) is 3.49. The average Bonchev–Trinajstić information content (AvgIpc) is 2.54. The molecule has 1 atom stereocenters. The first kappa shape index (κ1) is 16.5. The summed E-state index contributed by atoms with van der Waals surface area (Å²) in [6.45, 7) is 0. The van der Waals surface area contributed by atoms with Gasteiger partial charge in [0.05, 0.1) is 27.4 Å². The Labute approximate surface area is 122 Å². The summed E-state index contributed by atoms with van der Waals surface area (Å²) in [6, 6.07) is 7.57. The molecule has 1 aromatic rings. The summed E-state index contributed by atoms with van der Waals surface area (Å²) in [5.41, 5.74) is 0.545. The quantitative estimate of drug-likeness (QED) is 0.496. The molecule has 1 rings (SSSR count). The van der Waals surface area contributed by atoms with E-state index in [1.165, 1.54) is 7.11 Å². The lowest BCUT2D eigenvalue weighted by Gasteiger charge is -2.24. The van der Waals surface area contributed by atoms with Crippen LogP contribution < -0.4 is 5.32 Å². The number of hydrogen-bond donors (Lipinski definition) is 1. The molecule has 1 amide bonds. The number of esters is 2. The lowest BCUT2D eigenvalue weighted by atomic mass is 9.93. The maximum Gasteiger partial charge on any atom is 0.407 e. The van der Waals surface area contributed by atoms with Gasteiger partial charge in [0.25, 0.3) is 0 Å². The SMILES string of the molecule is COC(=O)N[C@H](c1ccccc1)C(C(=O)OC)C(=O)OC. The van der Waals surface area contributed by atoms with Crippen LogP contribution in [0.25, 0.3) is 0 Å². The van der Waals surface area contributed by atoms with Gasteiger partial charge in [0.1, 0.15) is 0 Å². The molecule has 1 aromatic carbocycles. The molecule has 7 heteroatoms. The number of carbonyl (C=O) groups excluding carboxylic acids is 3. The lowest BCUT2D eigenvalue weighted by Crippen LogP contribution is -2.41. The van der Waals surface area contributed by atoms with Crippen LogP contribution in [-0.4, -0.2) is 39.4 Å². The van der Waals surface area contributed by atoms with Crippen molar-refractivity contribution in [1.82, 2.24) is 5.32 Å². The van der Waals surface area contributed by atoms with Gasteiger partial charge in [0.2, 0.25) is 0 Å². The van der Waals surface area contributed by atoms with Crippen molar-refractivity contribution in [2.75, 3.05) is 21.3 Å². The van der Waals surface area contributed by atoms with Crippen LogP contribution in [0.5, 0.6) is 0 Å². The van der Waals surface area contributed by atoms with Gasteiger partial charge in [-0.25, -0.2) is 4.79 Å². The molecular formula is C14H17NO6. The number of hydrogen-bond acceptors (Lipinski definition) is 6. The molecule has 0 unspecified atom stereocenters. The van der Waals surface area contributed by atoms with Gasteiger partial charge in [-0.05, 0) is 5.56 Å². The summed E-state index contributed by atoms with van der Waals surface area (Å²) >= 11 is 0. The minimum Gasteiger partial charge on any atom is -0.468 e. The van der Waals surface area contributed by atoms with Crippen molar-refractivity contribution in [3.05, 3.63) is 35.9 Å². The second-order valence-corrected chi connectivity index (χ2v) is 4.05. The third-order valence-corrected chi connectivity index (χ3v) is 2.86. The summed E-state index contributed by atoms with van der Waals surface area (Å²) in [6.07, 6.45) is -0.776. The van der Waals surface area contributed by atoms with Gasteiger partial charge in [0.15, 0.2) is 5.92 Å². The van der Waals surface area contributed by atoms with E-state index in [9.17, 15) is 14.4 Å². The highest BCUT2D eigenvalue weighted by molar-refractivity contribution is 5.96. The van der Waals surface area contributed by atoms with Crippen molar-refractivity contribution in [2.24, 2.45) is 5.92 Å². The highest BCUT2D eigenvalue weighted by Crippen LogP contribution is 2.24. The largest absolute Gasteiger partial charge is 0.468 e. The molecule has 0 spiro atoms. The van der Waals surface area contributed by atoms with E-state index in [0.29, 0.717) is 5.56 Å². The topological polar surface area (TPSA) is 90.9 Å². The fourth-order valence-electron chi connectivity index (χ4n) is 1.83. The monoisotopic (exact) mass is 295 g/mol. The van der Waals surface area contributed by atoms with Crippen molar-refractivity contribution < 1.29 is 28.6 Å². The number of nitrogens with one attached hydrogen (secondary N) is 1. The van der Waals surface area contributed by atoms with E-state index in [1.54, 1.807) is 30.3 Å². The van der Waals surface area contributed by atoms with Crippen LogP contribution in [0.3, 0.4) is 0 Å². The predicted molar refractivity (Wildman–Crippen MR) is 72.2 cm³/mol. The van der Waals surface area contributed by atoms with Gasteiger partial charge < -0.3 is 19.5 Å². The molecule has 0 heterocycles. The maximum absolute atomic E-state index is 11.9. The van der Waals surface area contributed by atoms with E-state index in [4.69, 9.17) is 0 Å². The molecule has 114 valence electrons. The van der Waals surface area contributed by atoms with Crippen LogP contribution in [0.4, 0.5) is 4.79 Å². The molecule has 0 bridgehead atoms. The minimum absolute atomic E-state index is 0.545. The van der Waals surface area contributed by atoms with Gasteiger partial charge in [-0.3, -0.25) is 9.59 Å². The molecule has 0 saturated carbocycles. The molecular weight excluding hydrogens is 278 g/mol. The molecule has 0 aliphatic heterocycles. The van der Waals surface area contributed by atoms with Crippen LogP contribution >= 0.6 is 0 Å². The van der Waals surface area contributed by atoms with E-state index in [2.05, 4.69) is 19.5 Å². The normalized spacial score (nSPS) is 11.4. The molecule has 0 fully saturated rings. The fraction of sp³-hybridized carbons (Fsp3) is 0.357. The van der Waals surface area contributed by atoms with Gasteiger partial charge in [-0.1, -0.05) is 30.3 Å². The van der Waals surface area contributed by atoms with Crippen molar-refractivity contribution in [1.29, 1.82) is 0 Å². The fourth-order valence-corrected chi connectivity index (χ4v) is 1.83.